The van der Waals surface area contributed by atoms with E-state index in [1.165, 1.54) is 25.7 Å². The van der Waals surface area contributed by atoms with Gasteiger partial charge in [-0.25, -0.2) is 4.98 Å². The molecule has 1 fully saturated rings. The molecule has 2 rings (SSSR count). The number of nitrogens with zero attached hydrogens (tertiary/aromatic N) is 2. The molecule has 0 atom stereocenters. The van der Waals surface area contributed by atoms with Crippen LogP contribution in [0.1, 0.15) is 45.2 Å². The van der Waals surface area contributed by atoms with Crippen molar-refractivity contribution in [3.63, 3.8) is 0 Å². The molecule has 106 valence electrons. The van der Waals surface area contributed by atoms with Gasteiger partial charge in [0.15, 0.2) is 0 Å². The summed E-state index contributed by atoms with van der Waals surface area (Å²) in [4.78, 5) is 7.06. The van der Waals surface area contributed by atoms with Crippen LogP contribution in [-0.2, 0) is 6.54 Å². The van der Waals surface area contributed by atoms with Gasteiger partial charge in [-0.2, -0.15) is 0 Å². The largest absolute Gasteiger partial charge is 0.359 e. The maximum absolute atomic E-state index is 4.75. The maximum atomic E-state index is 4.75. The molecule has 1 aromatic heterocycles. The lowest BCUT2D eigenvalue weighted by atomic mass is 10.1. The minimum atomic E-state index is 0.502. The van der Waals surface area contributed by atoms with Gasteiger partial charge in [-0.15, -0.1) is 0 Å². The summed E-state index contributed by atoms with van der Waals surface area (Å²) in [6.07, 6.45) is 5.59. The van der Waals surface area contributed by atoms with Crippen molar-refractivity contribution in [3.05, 3.63) is 23.9 Å². The van der Waals surface area contributed by atoms with Crippen LogP contribution in [-0.4, -0.2) is 24.6 Å². The topological polar surface area (TPSA) is 28.2 Å². The third kappa shape index (κ3) is 4.50. The lowest BCUT2D eigenvalue weighted by Gasteiger charge is -2.22. The van der Waals surface area contributed by atoms with Crippen molar-refractivity contribution < 1.29 is 0 Å². The van der Waals surface area contributed by atoms with Gasteiger partial charge in [-0.05, 0) is 30.9 Å². The van der Waals surface area contributed by atoms with Crippen molar-refractivity contribution in [3.8, 4) is 0 Å². The van der Waals surface area contributed by atoms with Crippen molar-refractivity contribution >= 4 is 5.82 Å². The number of hydrogen-bond acceptors (Lipinski definition) is 3. The van der Waals surface area contributed by atoms with Crippen molar-refractivity contribution in [1.82, 2.24) is 10.3 Å². The van der Waals surface area contributed by atoms with Crippen LogP contribution in [0.4, 0.5) is 5.82 Å². The molecule has 0 aromatic carbocycles. The second-order valence-corrected chi connectivity index (χ2v) is 6.05. The van der Waals surface area contributed by atoms with Crippen LogP contribution in [0.2, 0.25) is 0 Å². The first-order valence-corrected chi connectivity index (χ1v) is 7.55. The number of aromatic nitrogens is 1. The summed E-state index contributed by atoms with van der Waals surface area (Å²) in [7, 11) is 2.17. The first kappa shape index (κ1) is 14.3. The lowest BCUT2D eigenvalue weighted by molar-refractivity contribution is 0.543. The number of hydrogen-bond donors (Lipinski definition) is 1. The highest BCUT2D eigenvalue weighted by atomic mass is 15.2. The molecule has 1 aliphatic rings. The van der Waals surface area contributed by atoms with E-state index in [1.54, 1.807) is 0 Å². The zero-order chi connectivity index (χ0) is 13.7. The van der Waals surface area contributed by atoms with Gasteiger partial charge in [0, 0.05) is 26.2 Å². The summed E-state index contributed by atoms with van der Waals surface area (Å²) in [5.74, 6) is 1.97. The molecule has 1 aromatic rings. The second kappa shape index (κ2) is 6.90. The van der Waals surface area contributed by atoms with Crippen LogP contribution in [0.15, 0.2) is 18.2 Å². The predicted molar refractivity (Wildman–Crippen MR) is 81.4 cm³/mol. The van der Waals surface area contributed by atoms with Crippen LogP contribution < -0.4 is 10.2 Å². The van der Waals surface area contributed by atoms with E-state index in [0.717, 1.165) is 30.5 Å². The van der Waals surface area contributed by atoms with E-state index in [4.69, 9.17) is 4.98 Å². The van der Waals surface area contributed by atoms with E-state index < -0.39 is 0 Å². The van der Waals surface area contributed by atoms with Crippen LogP contribution in [0.25, 0.3) is 0 Å². The van der Waals surface area contributed by atoms with Gasteiger partial charge in [-0.3, -0.25) is 0 Å². The lowest BCUT2D eigenvalue weighted by Crippen LogP contribution is -2.26. The Balaban J connectivity index is 1.92. The van der Waals surface area contributed by atoms with Gasteiger partial charge in [-0.1, -0.05) is 32.8 Å². The highest BCUT2D eigenvalue weighted by Gasteiger charge is 2.17. The average Bonchev–Trinajstić information content (AvgIpc) is 2.89. The molecule has 0 radical (unpaired) electrons. The molecule has 1 aliphatic carbocycles. The Morgan fingerprint density at radius 2 is 2.05 bits per heavy atom. The molecule has 0 aliphatic heterocycles. The zero-order valence-electron chi connectivity index (χ0n) is 12.5. The molecule has 19 heavy (non-hydrogen) atoms. The second-order valence-electron chi connectivity index (χ2n) is 6.05. The van der Waals surface area contributed by atoms with E-state index in [0.29, 0.717) is 6.04 Å². The van der Waals surface area contributed by atoms with Crippen molar-refractivity contribution in [1.29, 1.82) is 0 Å². The Morgan fingerprint density at radius 3 is 2.74 bits per heavy atom. The summed E-state index contributed by atoms with van der Waals surface area (Å²) < 4.78 is 0. The molecule has 3 nitrogen and oxygen atoms in total. The molecule has 3 heteroatoms. The monoisotopic (exact) mass is 261 g/mol. The molecular formula is C16H27N3. The normalized spacial score (nSPS) is 16.2. The first-order chi connectivity index (χ1) is 9.15. The highest BCUT2D eigenvalue weighted by Crippen LogP contribution is 2.26. The number of anilines is 1. The quantitative estimate of drug-likeness (QED) is 0.852. The van der Waals surface area contributed by atoms with Gasteiger partial charge >= 0.3 is 0 Å². The maximum Gasteiger partial charge on any atom is 0.128 e. The van der Waals surface area contributed by atoms with Crippen LogP contribution in [0.5, 0.6) is 0 Å². The zero-order valence-corrected chi connectivity index (χ0v) is 12.5. The van der Waals surface area contributed by atoms with E-state index >= 15 is 0 Å². The van der Waals surface area contributed by atoms with Crippen molar-refractivity contribution in [2.24, 2.45) is 5.92 Å². The Hall–Kier alpha value is -1.09. The Bertz CT molecular complexity index is 383. The first-order valence-electron chi connectivity index (χ1n) is 7.55. The molecule has 1 heterocycles. The van der Waals surface area contributed by atoms with Crippen LogP contribution in [0, 0.1) is 5.92 Å². The third-order valence-corrected chi connectivity index (χ3v) is 3.88. The molecule has 0 saturated heterocycles. The number of pyridine rings is 1. The van der Waals surface area contributed by atoms with Gasteiger partial charge in [0.05, 0.1) is 5.69 Å². The Morgan fingerprint density at radius 1 is 1.32 bits per heavy atom. The summed E-state index contributed by atoms with van der Waals surface area (Å²) in [6.45, 7) is 6.32. The molecule has 0 bridgehead atoms. The fourth-order valence-corrected chi connectivity index (χ4v) is 2.76. The number of nitrogens with one attached hydrogen (secondary N) is 1. The van der Waals surface area contributed by atoms with Gasteiger partial charge in [0.1, 0.15) is 5.82 Å². The molecule has 0 spiro atoms. The SMILES string of the molecule is CC(C)NCc1cccc(N(C)CC2CCCC2)n1. The minimum Gasteiger partial charge on any atom is -0.359 e. The fourth-order valence-electron chi connectivity index (χ4n) is 2.76. The average molecular weight is 261 g/mol. The Labute approximate surface area is 117 Å². The standard InChI is InChI=1S/C16H27N3/c1-13(2)17-11-15-9-6-10-16(18-15)19(3)12-14-7-4-5-8-14/h6,9-10,13-14,17H,4-5,7-8,11-12H2,1-3H3. The fraction of sp³-hybridized carbons (Fsp3) is 0.688. The summed E-state index contributed by atoms with van der Waals surface area (Å²) >= 11 is 0. The van der Waals surface area contributed by atoms with E-state index in [-0.39, 0.29) is 0 Å². The number of rotatable bonds is 6. The van der Waals surface area contributed by atoms with Crippen LogP contribution in [0.3, 0.4) is 0 Å². The minimum absolute atomic E-state index is 0.502. The molecule has 1 saturated carbocycles. The van der Waals surface area contributed by atoms with E-state index in [2.05, 4.69) is 49.3 Å². The predicted octanol–water partition coefficient (Wildman–Crippen LogP) is 3.21. The molecule has 0 unspecified atom stereocenters. The molecule has 1 N–H and O–H groups in total. The van der Waals surface area contributed by atoms with Gasteiger partial charge < -0.3 is 10.2 Å². The highest BCUT2D eigenvalue weighted by molar-refractivity contribution is 5.38. The molecule has 0 amide bonds. The van der Waals surface area contributed by atoms with E-state index in [9.17, 15) is 0 Å². The van der Waals surface area contributed by atoms with E-state index in [1.807, 2.05) is 0 Å². The summed E-state index contributed by atoms with van der Waals surface area (Å²) in [5, 5.41) is 3.42. The smallest absolute Gasteiger partial charge is 0.128 e. The van der Waals surface area contributed by atoms with Gasteiger partial charge in [0.25, 0.3) is 0 Å². The van der Waals surface area contributed by atoms with Crippen molar-refractivity contribution in [2.75, 3.05) is 18.5 Å². The Kier molecular flexibility index (Phi) is 5.20. The summed E-state index contributed by atoms with van der Waals surface area (Å²) in [6, 6.07) is 6.84. The molecular weight excluding hydrogens is 234 g/mol. The summed E-state index contributed by atoms with van der Waals surface area (Å²) in [5.41, 5.74) is 1.13. The van der Waals surface area contributed by atoms with Crippen LogP contribution >= 0.6 is 0 Å². The third-order valence-electron chi connectivity index (χ3n) is 3.88. The van der Waals surface area contributed by atoms with Gasteiger partial charge in [0.2, 0.25) is 0 Å². The van der Waals surface area contributed by atoms with Crippen molar-refractivity contribution in [2.45, 2.75) is 52.1 Å².